The van der Waals surface area contributed by atoms with Gasteiger partial charge in [0.2, 0.25) is 5.95 Å². The molecular weight excluding hydrogens is 290 g/mol. The van der Waals surface area contributed by atoms with Crippen LogP contribution in [-0.2, 0) is 6.42 Å². The summed E-state index contributed by atoms with van der Waals surface area (Å²) in [5, 5.41) is 3.33. The highest BCUT2D eigenvalue weighted by molar-refractivity contribution is 5.81. The zero-order valence-electron chi connectivity index (χ0n) is 13.4. The molecule has 5 nitrogen and oxygen atoms in total. The van der Waals surface area contributed by atoms with Crippen LogP contribution in [0.2, 0.25) is 0 Å². The van der Waals surface area contributed by atoms with Gasteiger partial charge in [0.05, 0.1) is 25.3 Å². The standard InChI is InChI=1S/C18H21N3O2/c1-22-16-11-14-15(12-17(16)23-2)21-18(20-14)19-10-6-9-13-7-4-3-5-8-13/h3-5,7-8,11-12H,6,9-10H2,1-2H3,(H2,19,20,21). The lowest BCUT2D eigenvalue weighted by Gasteiger charge is -2.06. The summed E-state index contributed by atoms with van der Waals surface area (Å²) in [5.74, 6) is 2.14. The summed E-state index contributed by atoms with van der Waals surface area (Å²) < 4.78 is 10.6. The van der Waals surface area contributed by atoms with E-state index in [1.54, 1.807) is 14.2 Å². The zero-order valence-corrected chi connectivity index (χ0v) is 13.4. The minimum Gasteiger partial charge on any atom is -0.493 e. The van der Waals surface area contributed by atoms with Crippen molar-refractivity contribution in [1.29, 1.82) is 0 Å². The van der Waals surface area contributed by atoms with Crippen molar-refractivity contribution in [3.8, 4) is 11.5 Å². The first-order valence-corrected chi connectivity index (χ1v) is 7.69. The van der Waals surface area contributed by atoms with Crippen molar-refractivity contribution < 1.29 is 9.47 Å². The van der Waals surface area contributed by atoms with E-state index in [2.05, 4.69) is 39.6 Å². The molecule has 0 saturated carbocycles. The van der Waals surface area contributed by atoms with Crippen LogP contribution in [0.3, 0.4) is 0 Å². The number of rotatable bonds is 7. The number of hydrogen-bond donors (Lipinski definition) is 2. The minimum absolute atomic E-state index is 0.683. The van der Waals surface area contributed by atoms with Gasteiger partial charge in [0.1, 0.15) is 0 Å². The molecule has 2 N–H and O–H groups in total. The summed E-state index contributed by atoms with van der Waals surface area (Å²) in [7, 11) is 3.25. The summed E-state index contributed by atoms with van der Waals surface area (Å²) in [4.78, 5) is 7.80. The SMILES string of the molecule is COc1cc2nc(NCCCc3ccccc3)[nH]c2cc1OC. The van der Waals surface area contributed by atoms with E-state index in [4.69, 9.17) is 9.47 Å². The molecule has 0 unspecified atom stereocenters. The first kappa shape index (κ1) is 15.2. The second-order valence-corrected chi connectivity index (χ2v) is 5.33. The van der Waals surface area contributed by atoms with Crippen LogP contribution in [0.25, 0.3) is 11.0 Å². The van der Waals surface area contributed by atoms with Crippen LogP contribution in [-0.4, -0.2) is 30.7 Å². The molecule has 0 spiro atoms. The summed E-state index contributed by atoms with van der Waals surface area (Å²) in [6.45, 7) is 0.864. The number of aromatic nitrogens is 2. The number of nitrogens with one attached hydrogen (secondary N) is 2. The van der Waals surface area contributed by atoms with E-state index < -0.39 is 0 Å². The summed E-state index contributed by atoms with van der Waals surface area (Å²) in [6, 6.07) is 14.3. The van der Waals surface area contributed by atoms with E-state index in [9.17, 15) is 0 Å². The van der Waals surface area contributed by atoms with Crippen molar-refractivity contribution in [2.24, 2.45) is 0 Å². The van der Waals surface area contributed by atoms with Crippen LogP contribution in [0.5, 0.6) is 11.5 Å². The number of aryl methyl sites for hydroxylation is 1. The molecule has 0 atom stereocenters. The molecule has 0 fully saturated rings. The smallest absolute Gasteiger partial charge is 0.201 e. The lowest BCUT2D eigenvalue weighted by atomic mass is 10.1. The maximum absolute atomic E-state index is 5.31. The first-order valence-electron chi connectivity index (χ1n) is 7.69. The number of imidazole rings is 1. The Morgan fingerprint density at radius 3 is 2.52 bits per heavy atom. The molecule has 1 heterocycles. The van der Waals surface area contributed by atoms with Crippen molar-refractivity contribution in [2.45, 2.75) is 12.8 Å². The summed E-state index contributed by atoms with van der Waals surface area (Å²) >= 11 is 0. The lowest BCUT2D eigenvalue weighted by molar-refractivity contribution is 0.356. The molecule has 0 aliphatic rings. The van der Waals surface area contributed by atoms with Crippen molar-refractivity contribution >= 4 is 17.0 Å². The van der Waals surface area contributed by atoms with Crippen molar-refractivity contribution in [3.05, 3.63) is 48.0 Å². The molecule has 3 rings (SSSR count). The molecule has 0 amide bonds. The Kier molecular flexibility index (Phi) is 4.66. The van der Waals surface area contributed by atoms with Gasteiger partial charge in [-0.25, -0.2) is 4.98 Å². The second-order valence-electron chi connectivity index (χ2n) is 5.33. The Morgan fingerprint density at radius 2 is 1.78 bits per heavy atom. The number of fused-ring (bicyclic) bond motifs is 1. The van der Waals surface area contributed by atoms with Crippen molar-refractivity contribution in [1.82, 2.24) is 9.97 Å². The molecule has 23 heavy (non-hydrogen) atoms. The highest BCUT2D eigenvalue weighted by Gasteiger charge is 2.09. The van der Waals surface area contributed by atoms with E-state index in [1.165, 1.54) is 5.56 Å². The fraction of sp³-hybridized carbons (Fsp3) is 0.278. The first-order chi connectivity index (χ1) is 11.3. The van der Waals surface area contributed by atoms with Gasteiger partial charge in [0, 0.05) is 18.7 Å². The Labute approximate surface area is 135 Å². The van der Waals surface area contributed by atoms with Crippen LogP contribution in [0, 0.1) is 0 Å². The third-order valence-corrected chi connectivity index (χ3v) is 3.76. The monoisotopic (exact) mass is 311 g/mol. The average Bonchev–Trinajstić information content (AvgIpc) is 3.00. The third-order valence-electron chi connectivity index (χ3n) is 3.76. The Bertz CT molecular complexity index is 728. The molecule has 120 valence electrons. The minimum atomic E-state index is 0.683. The van der Waals surface area contributed by atoms with Gasteiger partial charge in [-0.15, -0.1) is 0 Å². The van der Waals surface area contributed by atoms with Gasteiger partial charge in [-0.2, -0.15) is 0 Å². The van der Waals surface area contributed by atoms with Gasteiger partial charge in [-0.1, -0.05) is 30.3 Å². The van der Waals surface area contributed by atoms with E-state index >= 15 is 0 Å². The highest BCUT2D eigenvalue weighted by atomic mass is 16.5. The lowest BCUT2D eigenvalue weighted by Crippen LogP contribution is -2.04. The van der Waals surface area contributed by atoms with Gasteiger partial charge >= 0.3 is 0 Å². The number of nitrogens with zero attached hydrogens (tertiary/aromatic N) is 1. The highest BCUT2D eigenvalue weighted by Crippen LogP contribution is 2.31. The Hall–Kier alpha value is -2.69. The normalized spacial score (nSPS) is 10.7. The molecular formula is C18H21N3O2. The molecule has 1 aromatic heterocycles. The van der Waals surface area contributed by atoms with E-state index in [0.29, 0.717) is 11.5 Å². The molecule has 2 aromatic carbocycles. The fourth-order valence-electron chi connectivity index (χ4n) is 2.56. The van der Waals surface area contributed by atoms with E-state index in [-0.39, 0.29) is 0 Å². The number of benzene rings is 2. The number of hydrogen-bond acceptors (Lipinski definition) is 4. The molecule has 0 aliphatic heterocycles. The fourth-order valence-corrected chi connectivity index (χ4v) is 2.56. The van der Waals surface area contributed by atoms with Gasteiger partial charge < -0.3 is 19.8 Å². The average molecular weight is 311 g/mol. The van der Waals surface area contributed by atoms with E-state index in [1.807, 2.05) is 18.2 Å². The van der Waals surface area contributed by atoms with Crippen LogP contribution in [0.1, 0.15) is 12.0 Å². The Balaban J connectivity index is 1.62. The summed E-state index contributed by atoms with van der Waals surface area (Å²) in [5.41, 5.74) is 3.13. The zero-order chi connectivity index (χ0) is 16.1. The van der Waals surface area contributed by atoms with Crippen molar-refractivity contribution in [3.63, 3.8) is 0 Å². The van der Waals surface area contributed by atoms with Gasteiger partial charge in [-0.3, -0.25) is 0 Å². The van der Waals surface area contributed by atoms with Gasteiger partial charge in [0.25, 0.3) is 0 Å². The Morgan fingerprint density at radius 1 is 1.04 bits per heavy atom. The predicted octanol–water partition coefficient (Wildman–Crippen LogP) is 3.62. The second kappa shape index (κ2) is 7.05. The number of methoxy groups -OCH3 is 2. The molecule has 0 saturated heterocycles. The number of H-pyrrole nitrogens is 1. The van der Waals surface area contributed by atoms with Crippen LogP contribution in [0.15, 0.2) is 42.5 Å². The van der Waals surface area contributed by atoms with E-state index in [0.717, 1.165) is 36.4 Å². The third kappa shape index (κ3) is 3.56. The molecule has 5 heteroatoms. The largest absolute Gasteiger partial charge is 0.493 e. The van der Waals surface area contributed by atoms with Crippen molar-refractivity contribution in [2.75, 3.05) is 26.1 Å². The topological polar surface area (TPSA) is 59.2 Å². The molecule has 0 aliphatic carbocycles. The maximum Gasteiger partial charge on any atom is 0.201 e. The number of ether oxygens (including phenoxy) is 2. The molecule has 3 aromatic rings. The summed E-state index contributed by atoms with van der Waals surface area (Å²) in [6.07, 6.45) is 2.10. The van der Waals surface area contributed by atoms with Crippen LogP contribution in [0.4, 0.5) is 5.95 Å². The van der Waals surface area contributed by atoms with Gasteiger partial charge in [-0.05, 0) is 18.4 Å². The molecule has 0 radical (unpaired) electrons. The number of aromatic amines is 1. The van der Waals surface area contributed by atoms with Crippen LogP contribution >= 0.6 is 0 Å². The molecule has 0 bridgehead atoms. The maximum atomic E-state index is 5.31. The number of anilines is 1. The quantitative estimate of drug-likeness (QED) is 0.654. The van der Waals surface area contributed by atoms with Crippen LogP contribution < -0.4 is 14.8 Å². The van der Waals surface area contributed by atoms with Gasteiger partial charge in [0.15, 0.2) is 11.5 Å². The predicted molar refractivity (Wildman–Crippen MR) is 92.5 cm³/mol.